The van der Waals surface area contributed by atoms with Gasteiger partial charge in [-0.3, -0.25) is 4.98 Å². The molecule has 2 heterocycles. The summed E-state index contributed by atoms with van der Waals surface area (Å²) in [6, 6.07) is 15.5. The van der Waals surface area contributed by atoms with Crippen molar-refractivity contribution in [3.8, 4) is 0 Å². The number of hydrogen-bond acceptors (Lipinski definition) is 4. The van der Waals surface area contributed by atoms with Crippen LogP contribution in [0.5, 0.6) is 0 Å². The number of hydrogen-bond donors (Lipinski definition) is 0. The number of aromatic nitrogens is 1. The van der Waals surface area contributed by atoms with E-state index in [1.807, 2.05) is 12.1 Å². The monoisotopic (exact) mass is 399 g/mol. The molecular formula is C21H22FN3O2S. The van der Waals surface area contributed by atoms with Crippen LogP contribution in [0.3, 0.4) is 0 Å². The summed E-state index contributed by atoms with van der Waals surface area (Å²) in [4.78, 5) is 6.80. The van der Waals surface area contributed by atoms with E-state index in [1.165, 1.54) is 12.1 Å². The molecule has 0 spiro atoms. The van der Waals surface area contributed by atoms with Crippen molar-refractivity contribution in [3.05, 3.63) is 72.2 Å². The van der Waals surface area contributed by atoms with Gasteiger partial charge in [-0.25, -0.2) is 12.8 Å². The molecule has 4 rings (SSSR count). The number of pyridine rings is 1. The van der Waals surface area contributed by atoms with Gasteiger partial charge < -0.3 is 4.90 Å². The number of benzene rings is 2. The van der Waals surface area contributed by atoms with E-state index in [9.17, 15) is 12.8 Å². The Balaban J connectivity index is 1.42. The van der Waals surface area contributed by atoms with Crippen molar-refractivity contribution in [1.82, 2.24) is 14.2 Å². The molecule has 0 atom stereocenters. The summed E-state index contributed by atoms with van der Waals surface area (Å²) in [5.74, 6) is -0.231. The third kappa shape index (κ3) is 3.92. The third-order valence-electron chi connectivity index (χ3n) is 5.17. The minimum atomic E-state index is -3.58. The van der Waals surface area contributed by atoms with Crippen molar-refractivity contribution < 1.29 is 12.8 Å². The molecule has 28 heavy (non-hydrogen) atoms. The predicted octanol–water partition coefficient (Wildman–Crippen LogP) is 2.92. The Bertz CT molecular complexity index is 1060. The molecule has 0 saturated carbocycles. The third-order valence-corrected chi connectivity index (χ3v) is 7.10. The quantitative estimate of drug-likeness (QED) is 0.662. The number of rotatable bonds is 5. The smallest absolute Gasteiger partial charge is 0.245 e. The van der Waals surface area contributed by atoms with Crippen molar-refractivity contribution in [3.63, 3.8) is 0 Å². The van der Waals surface area contributed by atoms with Gasteiger partial charge >= 0.3 is 0 Å². The molecule has 0 amide bonds. The molecule has 146 valence electrons. The molecule has 0 aliphatic carbocycles. The highest BCUT2D eigenvalue weighted by molar-refractivity contribution is 7.89. The van der Waals surface area contributed by atoms with Crippen molar-refractivity contribution in [2.75, 3.05) is 32.7 Å². The zero-order chi connectivity index (χ0) is 19.6. The van der Waals surface area contributed by atoms with Crippen LogP contribution in [-0.2, 0) is 16.4 Å². The lowest BCUT2D eigenvalue weighted by molar-refractivity contribution is 0.190. The Morgan fingerprint density at radius 2 is 1.64 bits per heavy atom. The van der Waals surface area contributed by atoms with Crippen LogP contribution >= 0.6 is 0 Å². The van der Waals surface area contributed by atoms with Crippen LogP contribution in [0.15, 0.2) is 65.7 Å². The highest BCUT2D eigenvalue weighted by Crippen LogP contribution is 2.24. The summed E-state index contributed by atoms with van der Waals surface area (Å²) < 4.78 is 40.8. The van der Waals surface area contributed by atoms with E-state index in [2.05, 4.69) is 9.88 Å². The highest BCUT2D eigenvalue weighted by atomic mass is 32.2. The first-order valence-electron chi connectivity index (χ1n) is 9.35. The van der Waals surface area contributed by atoms with E-state index in [0.717, 1.165) is 23.9 Å². The average Bonchev–Trinajstić information content (AvgIpc) is 2.73. The summed E-state index contributed by atoms with van der Waals surface area (Å²) in [5, 5.41) is 0.821. The van der Waals surface area contributed by atoms with Crippen LogP contribution in [0.25, 0.3) is 10.9 Å². The Morgan fingerprint density at radius 3 is 2.39 bits per heavy atom. The first kappa shape index (κ1) is 19.0. The second kappa shape index (κ2) is 7.95. The van der Waals surface area contributed by atoms with E-state index in [1.54, 1.807) is 40.8 Å². The molecule has 5 nitrogen and oxygen atoms in total. The number of sulfonamides is 1. The number of nitrogens with zero attached hydrogens (tertiary/aromatic N) is 3. The van der Waals surface area contributed by atoms with Crippen LogP contribution in [0.2, 0.25) is 0 Å². The van der Waals surface area contributed by atoms with Gasteiger partial charge in [-0.05, 0) is 36.2 Å². The molecule has 1 aromatic heterocycles. The Kier molecular flexibility index (Phi) is 5.39. The zero-order valence-electron chi connectivity index (χ0n) is 15.5. The molecular weight excluding hydrogens is 377 g/mol. The van der Waals surface area contributed by atoms with E-state index in [0.29, 0.717) is 31.7 Å². The molecule has 2 aromatic carbocycles. The van der Waals surface area contributed by atoms with Gasteiger partial charge in [0.25, 0.3) is 0 Å². The van der Waals surface area contributed by atoms with Gasteiger partial charge in [0.15, 0.2) is 0 Å². The SMILES string of the molecule is O=S(=O)(c1cccc2cccnc12)N1CCN(CCc2ccc(F)cc2)CC1. The summed E-state index contributed by atoms with van der Waals surface area (Å²) in [6.07, 6.45) is 2.44. The molecule has 1 saturated heterocycles. The van der Waals surface area contributed by atoms with Gasteiger partial charge in [0.1, 0.15) is 10.7 Å². The normalized spacial score (nSPS) is 16.5. The van der Waals surface area contributed by atoms with Crippen LogP contribution in [0, 0.1) is 5.82 Å². The molecule has 0 N–H and O–H groups in total. The van der Waals surface area contributed by atoms with Gasteiger partial charge in [-0.15, -0.1) is 0 Å². The maximum Gasteiger partial charge on any atom is 0.245 e. The van der Waals surface area contributed by atoms with Crippen LogP contribution in [0.1, 0.15) is 5.56 Å². The van der Waals surface area contributed by atoms with Crippen LogP contribution in [0.4, 0.5) is 4.39 Å². The number of halogens is 1. The fourth-order valence-electron chi connectivity index (χ4n) is 3.56. The molecule has 0 bridgehead atoms. The van der Waals surface area contributed by atoms with Crippen molar-refractivity contribution in [2.24, 2.45) is 0 Å². The lowest BCUT2D eigenvalue weighted by Crippen LogP contribution is -2.49. The Labute approximate surface area is 164 Å². The lowest BCUT2D eigenvalue weighted by Gasteiger charge is -2.34. The van der Waals surface area contributed by atoms with Crippen LogP contribution in [-0.4, -0.2) is 55.3 Å². The van der Waals surface area contributed by atoms with Crippen molar-refractivity contribution >= 4 is 20.9 Å². The van der Waals surface area contributed by atoms with Gasteiger partial charge in [-0.2, -0.15) is 4.31 Å². The number of piperazine rings is 1. The zero-order valence-corrected chi connectivity index (χ0v) is 16.3. The first-order valence-corrected chi connectivity index (χ1v) is 10.8. The largest absolute Gasteiger partial charge is 0.300 e. The van der Waals surface area contributed by atoms with E-state index < -0.39 is 10.0 Å². The van der Waals surface area contributed by atoms with E-state index in [-0.39, 0.29) is 10.7 Å². The molecule has 0 unspecified atom stereocenters. The maximum absolute atomic E-state index is 13.2. The number of fused-ring (bicyclic) bond motifs is 1. The van der Waals surface area contributed by atoms with E-state index >= 15 is 0 Å². The Hall–Kier alpha value is -2.35. The Morgan fingerprint density at radius 1 is 0.929 bits per heavy atom. The summed E-state index contributed by atoms with van der Waals surface area (Å²) in [7, 11) is -3.58. The van der Waals surface area contributed by atoms with Gasteiger partial charge in [0, 0.05) is 44.3 Å². The second-order valence-electron chi connectivity index (χ2n) is 6.95. The topological polar surface area (TPSA) is 53.5 Å². The molecule has 7 heteroatoms. The second-order valence-corrected chi connectivity index (χ2v) is 8.86. The van der Waals surface area contributed by atoms with Crippen LogP contribution < -0.4 is 0 Å². The van der Waals surface area contributed by atoms with Crippen molar-refractivity contribution in [1.29, 1.82) is 0 Å². The molecule has 1 fully saturated rings. The minimum absolute atomic E-state index is 0.231. The number of para-hydroxylation sites is 1. The van der Waals surface area contributed by atoms with Gasteiger partial charge in [-0.1, -0.05) is 30.3 Å². The molecule has 3 aromatic rings. The summed E-state index contributed by atoms with van der Waals surface area (Å²) >= 11 is 0. The summed E-state index contributed by atoms with van der Waals surface area (Å²) in [6.45, 7) is 3.09. The van der Waals surface area contributed by atoms with Gasteiger partial charge in [0.05, 0.1) is 5.52 Å². The first-order chi connectivity index (χ1) is 13.5. The minimum Gasteiger partial charge on any atom is -0.300 e. The fourth-order valence-corrected chi connectivity index (χ4v) is 5.14. The standard InChI is InChI=1S/C21H22FN3O2S/c22-19-8-6-17(7-9-19)10-12-24-13-15-25(16-14-24)28(26,27)20-5-1-3-18-4-2-11-23-21(18)20/h1-9,11H,10,12-16H2. The lowest BCUT2D eigenvalue weighted by atomic mass is 10.1. The molecule has 1 aliphatic heterocycles. The highest BCUT2D eigenvalue weighted by Gasteiger charge is 2.29. The average molecular weight is 399 g/mol. The van der Waals surface area contributed by atoms with E-state index in [4.69, 9.17) is 0 Å². The molecule has 0 radical (unpaired) electrons. The molecule has 1 aliphatic rings. The maximum atomic E-state index is 13.2. The predicted molar refractivity (Wildman–Crippen MR) is 107 cm³/mol. The summed E-state index contributed by atoms with van der Waals surface area (Å²) in [5.41, 5.74) is 1.60. The van der Waals surface area contributed by atoms with Gasteiger partial charge in [0.2, 0.25) is 10.0 Å². The van der Waals surface area contributed by atoms with Crippen molar-refractivity contribution in [2.45, 2.75) is 11.3 Å². The fraction of sp³-hybridized carbons (Fsp3) is 0.286.